The highest BCUT2D eigenvalue weighted by molar-refractivity contribution is 7.85. The highest BCUT2D eigenvalue weighted by Crippen LogP contribution is 2.16. The van der Waals surface area contributed by atoms with Crippen LogP contribution in [0.25, 0.3) is 0 Å². The smallest absolute Gasteiger partial charge is 0.302 e. The lowest BCUT2D eigenvalue weighted by Crippen LogP contribution is -2.25. The predicted octanol–water partition coefficient (Wildman–Crippen LogP) is 9.58. The molecule has 6 heteroatoms. The molecule has 1 N–H and O–H groups in total. The fraction of sp³-hybridized carbons (Fsp3) is 0.967. The third kappa shape index (κ3) is 29.6. The maximum Gasteiger partial charge on any atom is 0.302 e. The summed E-state index contributed by atoms with van der Waals surface area (Å²) in [7, 11) is -4.12. The second kappa shape index (κ2) is 26.0. The number of hydrogen-bond acceptors (Lipinski definition) is 4. The molecule has 0 aromatic heterocycles. The van der Waals surface area contributed by atoms with Gasteiger partial charge < -0.3 is 4.74 Å². The molecule has 216 valence electrons. The second-order valence-corrected chi connectivity index (χ2v) is 12.4. The Morgan fingerprint density at radius 1 is 0.583 bits per heavy atom. The van der Waals surface area contributed by atoms with Crippen LogP contribution in [0.5, 0.6) is 0 Å². The molecule has 0 radical (unpaired) electrons. The standard InChI is InChI=1S/C30H60O5S/c1-3-4-5-6-7-8-9-10-11-12-13-14-15-16-17-18-19-20-21-22-23-24-25-26-27-30(35-29(2)31)28-36(32,33)34/h30H,3-28H2,1-2H3,(H,32,33,34). The van der Waals surface area contributed by atoms with Gasteiger partial charge in [-0.15, -0.1) is 0 Å². The summed E-state index contributed by atoms with van der Waals surface area (Å²) >= 11 is 0. The highest BCUT2D eigenvalue weighted by Gasteiger charge is 2.19. The van der Waals surface area contributed by atoms with Gasteiger partial charge in [0.25, 0.3) is 10.1 Å². The van der Waals surface area contributed by atoms with E-state index < -0.39 is 27.9 Å². The van der Waals surface area contributed by atoms with Crippen molar-refractivity contribution in [1.82, 2.24) is 0 Å². The zero-order chi connectivity index (χ0) is 26.7. The van der Waals surface area contributed by atoms with Gasteiger partial charge in [-0.05, 0) is 12.8 Å². The maximum atomic E-state index is 11.1. The van der Waals surface area contributed by atoms with Crippen molar-refractivity contribution in [3.05, 3.63) is 0 Å². The Balaban J connectivity index is 3.28. The van der Waals surface area contributed by atoms with Crippen molar-refractivity contribution in [2.75, 3.05) is 5.75 Å². The SMILES string of the molecule is CCCCCCCCCCCCCCCCCCCCCCCCCCC(CS(=O)(=O)O)OC(C)=O. The Hall–Kier alpha value is -0.620. The third-order valence-corrected chi connectivity index (χ3v) is 7.90. The van der Waals surface area contributed by atoms with Crippen LogP contribution in [-0.4, -0.2) is 30.8 Å². The number of hydrogen-bond donors (Lipinski definition) is 1. The van der Waals surface area contributed by atoms with Gasteiger partial charge in [0.2, 0.25) is 0 Å². The van der Waals surface area contributed by atoms with Gasteiger partial charge in [-0.3, -0.25) is 9.35 Å². The largest absolute Gasteiger partial charge is 0.461 e. The molecule has 0 aliphatic carbocycles. The van der Waals surface area contributed by atoms with E-state index in [-0.39, 0.29) is 0 Å². The van der Waals surface area contributed by atoms with Gasteiger partial charge in [0.05, 0.1) is 0 Å². The Bertz CT molecular complexity index is 576. The maximum absolute atomic E-state index is 11.1. The summed E-state index contributed by atoms with van der Waals surface area (Å²) < 4.78 is 36.0. The van der Waals surface area contributed by atoms with Crippen molar-refractivity contribution in [3.63, 3.8) is 0 Å². The zero-order valence-corrected chi connectivity index (χ0v) is 24.8. The summed E-state index contributed by atoms with van der Waals surface area (Å²) in [6.45, 7) is 3.54. The van der Waals surface area contributed by atoms with E-state index in [2.05, 4.69) is 6.92 Å². The molecule has 0 aliphatic heterocycles. The molecule has 0 spiro atoms. The molecule has 1 unspecified atom stereocenters. The van der Waals surface area contributed by atoms with Crippen LogP contribution in [0.3, 0.4) is 0 Å². The van der Waals surface area contributed by atoms with Crippen molar-refractivity contribution in [2.45, 2.75) is 180 Å². The topological polar surface area (TPSA) is 80.7 Å². The lowest BCUT2D eigenvalue weighted by atomic mass is 10.0. The van der Waals surface area contributed by atoms with E-state index >= 15 is 0 Å². The van der Waals surface area contributed by atoms with Gasteiger partial charge >= 0.3 is 5.97 Å². The second-order valence-electron chi connectivity index (χ2n) is 10.9. The Morgan fingerprint density at radius 2 is 0.861 bits per heavy atom. The first-order valence-electron chi connectivity index (χ1n) is 15.5. The summed E-state index contributed by atoms with van der Waals surface area (Å²) in [5.74, 6) is -1.01. The molecule has 5 nitrogen and oxygen atoms in total. The lowest BCUT2D eigenvalue weighted by molar-refractivity contribution is -0.145. The molecule has 0 saturated carbocycles. The molecular weight excluding hydrogens is 472 g/mol. The molecule has 0 bridgehead atoms. The van der Waals surface area contributed by atoms with Gasteiger partial charge in [-0.1, -0.05) is 155 Å². The summed E-state index contributed by atoms with van der Waals surface area (Å²) in [5, 5.41) is 0. The van der Waals surface area contributed by atoms with Crippen LogP contribution in [0.2, 0.25) is 0 Å². The molecule has 0 aromatic carbocycles. The van der Waals surface area contributed by atoms with Crippen LogP contribution < -0.4 is 0 Å². The molecule has 0 rings (SSSR count). The number of rotatable bonds is 28. The Labute approximate surface area is 224 Å². The average molecular weight is 533 g/mol. The van der Waals surface area contributed by atoms with Crippen LogP contribution in [0.15, 0.2) is 0 Å². The molecule has 36 heavy (non-hydrogen) atoms. The summed E-state index contributed by atoms with van der Waals surface area (Å²) in [5.41, 5.74) is 0. The molecule has 0 amide bonds. The van der Waals surface area contributed by atoms with Crippen molar-refractivity contribution in [1.29, 1.82) is 0 Å². The van der Waals surface area contributed by atoms with Crippen LogP contribution in [0.4, 0.5) is 0 Å². The van der Waals surface area contributed by atoms with Crippen molar-refractivity contribution >= 4 is 16.1 Å². The first-order valence-corrected chi connectivity index (χ1v) is 17.1. The lowest BCUT2D eigenvalue weighted by Gasteiger charge is -2.15. The van der Waals surface area contributed by atoms with E-state index in [1.807, 2.05) is 0 Å². The van der Waals surface area contributed by atoms with Gasteiger partial charge in [0.15, 0.2) is 0 Å². The first kappa shape index (κ1) is 35.4. The number of ether oxygens (including phenoxy) is 1. The fourth-order valence-corrected chi connectivity index (χ4v) is 5.68. The van der Waals surface area contributed by atoms with Crippen LogP contribution >= 0.6 is 0 Å². The van der Waals surface area contributed by atoms with Crippen molar-refractivity contribution in [3.8, 4) is 0 Å². The molecular formula is C30H60O5S. The molecule has 0 fully saturated rings. The van der Waals surface area contributed by atoms with Crippen molar-refractivity contribution < 1.29 is 22.5 Å². The number of carbonyl (C=O) groups excluding carboxylic acids is 1. The fourth-order valence-electron chi connectivity index (χ4n) is 4.98. The average Bonchev–Trinajstić information content (AvgIpc) is 2.80. The monoisotopic (exact) mass is 532 g/mol. The number of carbonyl (C=O) groups is 1. The van der Waals surface area contributed by atoms with E-state index in [0.717, 1.165) is 19.3 Å². The quantitative estimate of drug-likeness (QED) is 0.0616. The Kier molecular flexibility index (Phi) is 25.6. The Morgan fingerprint density at radius 3 is 1.11 bits per heavy atom. The van der Waals surface area contributed by atoms with Crippen LogP contribution in [0, 0.1) is 0 Å². The van der Waals surface area contributed by atoms with Crippen molar-refractivity contribution in [2.24, 2.45) is 0 Å². The third-order valence-electron chi connectivity index (χ3n) is 7.11. The molecule has 1 atom stereocenters. The van der Waals surface area contributed by atoms with Gasteiger partial charge in [-0.2, -0.15) is 8.42 Å². The minimum atomic E-state index is -4.12. The summed E-state index contributed by atoms with van der Waals surface area (Å²) in [6.07, 6.45) is 31.9. The molecule has 0 aliphatic rings. The van der Waals surface area contributed by atoms with Crippen LogP contribution in [-0.2, 0) is 19.6 Å². The van der Waals surface area contributed by atoms with E-state index in [9.17, 15) is 13.2 Å². The highest BCUT2D eigenvalue weighted by atomic mass is 32.2. The van der Waals surface area contributed by atoms with Gasteiger partial charge in [0.1, 0.15) is 11.9 Å². The van der Waals surface area contributed by atoms with E-state index in [0.29, 0.717) is 6.42 Å². The van der Waals surface area contributed by atoms with E-state index in [1.54, 1.807) is 0 Å². The van der Waals surface area contributed by atoms with E-state index in [4.69, 9.17) is 9.29 Å². The minimum absolute atomic E-state index is 0.485. The first-order chi connectivity index (χ1) is 17.3. The molecule has 0 aromatic rings. The number of unbranched alkanes of at least 4 members (excludes halogenated alkanes) is 23. The number of esters is 1. The van der Waals surface area contributed by atoms with Crippen LogP contribution in [0.1, 0.15) is 174 Å². The summed E-state index contributed by atoms with van der Waals surface area (Å²) in [6, 6.07) is 0. The molecule has 0 saturated heterocycles. The predicted molar refractivity (Wildman–Crippen MR) is 153 cm³/mol. The molecule has 0 heterocycles. The zero-order valence-electron chi connectivity index (χ0n) is 24.0. The summed E-state index contributed by atoms with van der Waals surface area (Å²) in [4.78, 5) is 11.1. The van der Waals surface area contributed by atoms with E-state index in [1.165, 1.54) is 142 Å². The normalized spacial score (nSPS) is 12.6. The minimum Gasteiger partial charge on any atom is -0.461 e. The van der Waals surface area contributed by atoms with Gasteiger partial charge in [0, 0.05) is 6.92 Å². The van der Waals surface area contributed by atoms with Gasteiger partial charge in [-0.25, -0.2) is 0 Å².